The second kappa shape index (κ2) is 5.87. The van der Waals surface area contributed by atoms with Crippen LogP contribution in [0.25, 0.3) is 21.8 Å². The Bertz CT molecular complexity index is 910. The highest BCUT2D eigenvalue weighted by Crippen LogP contribution is 2.32. The fraction of sp³-hybridized carbons (Fsp3) is 0.200. The molecule has 24 heavy (non-hydrogen) atoms. The predicted molar refractivity (Wildman–Crippen MR) is 99.4 cm³/mol. The van der Waals surface area contributed by atoms with Gasteiger partial charge in [-0.05, 0) is 29.2 Å². The van der Waals surface area contributed by atoms with Crippen LogP contribution in [0.1, 0.15) is 30.9 Å². The summed E-state index contributed by atoms with van der Waals surface area (Å²) in [5.41, 5.74) is 6.48. The molecule has 4 rings (SSSR count). The van der Waals surface area contributed by atoms with E-state index in [0.717, 1.165) is 33.1 Å². The number of thiazole rings is 1. The molecule has 4 heteroatoms. The zero-order valence-electron chi connectivity index (χ0n) is 13.7. The van der Waals surface area contributed by atoms with Crippen molar-refractivity contribution in [3.63, 3.8) is 0 Å². The molecule has 2 aromatic carbocycles. The highest BCUT2D eigenvalue weighted by Gasteiger charge is 2.18. The fourth-order valence-electron chi connectivity index (χ4n) is 2.94. The summed E-state index contributed by atoms with van der Waals surface area (Å²) in [4.78, 5) is 16.3. The summed E-state index contributed by atoms with van der Waals surface area (Å²) in [6.45, 7) is 4.40. The molecule has 3 nitrogen and oxygen atoms in total. The number of anilines is 1. The van der Waals surface area contributed by atoms with Crippen molar-refractivity contribution in [2.24, 2.45) is 0 Å². The van der Waals surface area contributed by atoms with Crippen LogP contribution in [0.3, 0.4) is 0 Å². The molecule has 1 N–H and O–H groups in total. The van der Waals surface area contributed by atoms with Gasteiger partial charge in [-0.15, -0.1) is 11.3 Å². The molecule has 1 amide bonds. The summed E-state index contributed by atoms with van der Waals surface area (Å²) in [5.74, 6) is 0.597. The third kappa shape index (κ3) is 2.74. The standard InChI is InChI=1S/C20H18N2OS/c1-12(2)13-3-5-14(6-4-13)20-22-18(11-24-20)15-7-8-17-16(9-15)10-19(23)21-17/h3-9,11-12H,10H2,1-2H3,(H,21,23). The highest BCUT2D eigenvalue weighted by atomic mass is 32.1. The van der Waals surface area contributed by atoms with Crippen LogP contribution in [-0.4, -0.2) is 10.9 Å². The van der Waals surface area contributed by atoms with E-state index in [2.05, 4.69) is 54.9 Å². The average molecular weight is 334 g/mol. The lowest BCUT2D eigenvalue weighted by molar-refractivity contribution is -0.115. The molecule has 1 aromatic heterocycles. The van der Waals surface area contributed by atoms with Gasteiger partial charge >= 0.3 is 0 Å². The predicted octanol–water partition coefficient (Wildman–Crippen LogP) is 5.10. The maximum absolute atomic E-state index is 11.5. The second-order valence-corrected chi connectivity index (χ2v) is 7.27. The Labute approximate surface area is 145 Å². The van der Waals surface area contributed by atoms with Gasteiger partial charge in [-0.2, -0.15) is 0 Å². The van der Waals surface area contributed by atoms with E-state index in [1.807, 2.05) is 12.1 Å². The van der Waals surface area contributed by atoms with Crippen LogP contribution in [0.4, 0.5) is 5.69 Å². The minimum absolute atomic E-state index is 0.0614. The fourth-order valence-corrected chi connectivity index (χ4v) is 3.77. The zero-order chi connectivity index (χ0) is 16.7. The topological polar surface area (TPSA) is 42.0 Å². The summed E-state index contributed by atoms with van der Waals surface area (Å²) in [6, 6.07) is 14.7. The first kappa shape index (κ1) is 15.1. The SMILES string of the molecule is CC(C)c1ccc(-c2nc(-c3ccc4c(c3)CC(=O)N4)cs2)cc1. The molecule has 1 aliphatic rings. The van der Waals surface area contributed by atoms with Gasteiger partial charge in [0.15, 0.2) is 0 Å². The lowest BCUT2D eigenvalue weighted by Gasteiger charge is -2.05. The number of nitrogens with zero attached hydrogens (tertiary/aromatic N) is 1. The minimum atomic E-state index is 0.0614. The molecule has 3 aromatic rings. The van der Waals surface area contributed by atoms with E-state index in [-0.39, 0.29) is 5.91 Å². The maximum atomic E-state index is 11.5. The minimum Gasteiger partial charge on any atom is -0.326 e. The highest BCUT2D eigenvalue weighted by molar-refractivity contribution is 7.13. The van der Waals surface area contributed by atoms with E-state index in [0.29, 0.717) is 12.3 Å². The molecule has 0 radical (unpaired) electrons. The number of fused-ring (bicyclic) bond motifs is 1. The van der Waals surface area contributed by atoms with Crippen LogP contribution in [0.2, 0.25) is 0 Å². The molecule has 1 aliphatic heterocycles. The van der Waals surface area contributed by atoms with Crippen LogP contribution in [0, 0.1) is 0 Å². The number of aromatic nitrogens is 1. The zero-order valence-corrected chi connectivity index (χ0v) is 14.5. The molecule has 0 saturated carbocycles. The number of nitrogens with one attached hydrogen (secondary N) is 1. The Morgan fingerprint density at radius 3 is 2.58 bits per heavy atom. The number of carbonyl (C=O) groups is 1. The largest absolute Gasteiger partial charge is 0.326 e. The van der Waals surface area contributed by atoms with Gasteiger partial charge < -0.3 is 5.32 Å². The Hall–Kier alpha value is -2.46. The van der Waals surface area contributed by atoms with Crippen molar-refractivity contribution in [1.82, 2.24) is 4.98 Å². The van der Waals surface area contributed by atoms with E-state index in [1.165, 1.54) is 5.56 Å². The maximum Gasteiger partial charge on any atom is 0.228 e. The summed E-state index contributed by atoms with van der Waals surface area (Å²) in [6.07, 6.45) is 0.455. The lowest BCUT2D eigenvalue weighted by Crippen LogP contribution is -2.03. The van der Waals surface area contributed by atoms with Crippen molar-refractivity contribution >= 4 is 22.9 Å². The molecule has 0 saturated heterocycles. The summed E-state index contributed by atoms with van der Waals surface area (Å²) in [7, 11) is 0. The molecule has 2 heterocycles. The van der Waals surface area contributed by atoms with Crippen molar-refractivity contribution in [1.29, 1.82) is 0 Å². The van der Waals surface area contributed by atoms with Crippen LogP contribution in [-0.2, 0) is 11.2 Å². The van der Waals surface area contributed by atoms with Gasteiger partial charge in [-0.3, -0.25) is 4.79 Å². The first-order valence-electron chi connectivity index (χ1n) is 8.09. The van der Waals surface area contributed by atoms with E-state index >= 15 is 0 Å². The second-order valence-electron chi connectivity index (χ2n) is 6.41. The van der Waals surface area contributed by atoms with Gasteiger partial charge in [0, 0.05) is 22.2 Å². The summed E-state index contributed by atoms with van der Waals surface area (Å²) < 4.78 is 0. The Balaban J connectivity index is 1.63. The van der Waals surface area contributed by atoms with Gasteiger partial charge in [-0.25, -0.2) is 4.98 Å². The van der Waals surface area contributed by atoms with Crippen LogP contribution in [0.5, 0.6) is 0 Å². The van der Waals surface area contributed by atoms with Gasteiger partial charge in [0.25, 0.3) is 0 Å². The first-order valence-corrected chi connectivity index (χ1v) is 8.97. The van der Waals surface area contributed by atoms with Crippen molar-refractivity contribution in [3.8, 4) is 21.8 Å². The number of rotatable bonds is 3. The third-order valence-electron chi connectivity index (χ3n) is 4.35. The van der Waals surface area contributed by atoms with Crippen LogP contribution in [0.15, 0.2) is 47.8 Å². The molecular weight excluding hydrogens is 316 g/mol. The van der Waals surface area contributed by atoms with Crippen molar-refractivity contribution in [3.05, 3.63) is 59.0 Å². The average Bonchev–Trinajstić information content (AvgIpc) is 3.19. The molecule has 0 spiro atoms. The number of benzene rings is 2. The van der Waals surface area contributed by atoms with Crippen molar-refractivity contribution in [2.75, 3.05) is 5.32 Å². The van der Waals surface area contributed by atoms with E-state index in [1.54, 1.807) is 11.3 Å². The molecule has 120 valence electrons. The monoisotopic (exact) mass is 334 g/mol. The molecule has 0 atom stereocenters. The molecule has 0 aliphatic carbocycles. The van der Waals surface area contributed by atoms with Crippen molar-refractivity contribution in [2.45, 2.75) is 26.2 Å². The third-order valence-corrected chi connectivity index (χ3v) is 5.25. The smallest absolute Gasteiger partial charge is 0.228 e. The molecule has 0 unspecified atom stereocenters. The van der Waals surface area contributed by atoms with Crippen LogP contribution < -0.4 is 5.32 Å². The number of hydrogen-bond donors (Lipinski definition) is 1. The Kier molecular flexibility index (Phi) is 3.69. The van der Waals surface area contributed by atoms with Crippen molar-refractivity contribution < 1.29 is 4.79 Å². The first-order chi connectivity index (χ1) is 11.6. The molecule has 0 bridgehead atoms. The number of hydrogen-bond acceptors (Lipinski definition) is 3. The molecule has 0 fully saturated rings. The van der Waals surface area contributed by atoms with Gasteiger partial charge in [0.2, 0.25) is 5.91 Å². The Morgan fingerprint density at radius 1 is 1.08 bits per heavy atom. The van der Waals surface area contributed by atoms with Gasteiger partial charge in [0.05, 0.1) is 12.1 Å². The van der Waals surface area contributed by atoms with Gasteiger partial charge in [0.1, 0.15) is 5.01 Å². The van der Waals surface area contributed by atoms with E-state index in [4.69, 9.17) is 4.98 Å². The van der Waals surface area contributed by atoms with E-state index in [9.17, 15) is 4.79 Å². The Morgan fingerprint density at radius 2 is 1.83 bits per heavy atom. The van der Waals surface area contributed by atoms with E-state index < -0.39 is 0 Å². The lowest BCUT2D eigenvalue weighted by atomic mass is 10.0. The van der Waals surface area contributed by atoms with Gasteiger partial charge in [-0.1, -0.05) is 44.2 Å². The quantitative estimate of drug-likeness (QED) is 0.724. The molecular formula is C20H18N2OS. The number of carbonyl (C=O) groups excluding carboxylic acids is 1. The number of amides is 1. The summed E-state index contributed by atoms with van der Waals surface area (Å²) >= 11 is 1.65. The van der Waals surface area contributed by atoms with Crippen LogP contribution >= 0.6 is 11.3 Å². The normalized spacial score (nSPS) is 13.2. The summed E-state index contributed by atoms with van der Waals surface area (Å²) in [5, 5.41) is 5.97.